The minimum atomic E-state index is -3.52. The maximum absolute atomic E-state index is 15.6. The summed E-state index contributed by atoms with van der Waals surface area (Å²) in [5.74, 6) is -5.82. The van der Waals surface area contributed by atoms with Gasteiger partial charge in [-0.25, -0.2) is 13.8 Å². The fourth-order valence-corrected chi connectivity index (χ4v) is 3.82. The van der Waals surface area contributed by atoms with Crippen LogP contribution in [0.1, 0.15) is 21.6 Å². The summed E-state index contributed by atoms with van der Waals surface area (Å²) in [4.78, 5) is 19.6. The van der Waals surface area contributed by atoms with Crippen LogP contribution in [0, 0.1) is 17.8 Å². The normalized spacial score (nSPS) is 11.6. The van der Waals surface area contributed by atoms with Gasteiger partial charge in [0.25, 0.3) is 5.91 Å². The lowest BCUT2D eigenvalue weighted by Gasteiger charge is -2.17. The summed E-state index contributed by atoms with van der Waals surface area (Å²) in [5.41, 5.74) is -0.496. The standard InChI is InChI=1S/C25H14F4N4O/c1-30-24(34)18-6-4-14(10-19(18)26)16-11-20(27)23-32-12-22(33(23)13-16)25(28,29)17-5-7-21-15(9-17)3-2-8-31-21/h2-7,9-13H,1H3/p+1. The van der Waals surface area contributed by atoms with Crippen molar-refractivity contribution in [3.63, 3.8) is 0 Å². The first-order valence-electron chi connectivity index (χ1n) is 10.1. The number of rotatable bonds is 4. The van der Waals surface area contributed by atoms with Crippen molar-refractivity contribution in [2.24, 2.45) is 0 Å². The number of imidazole rings is 1. The Kier molecular flexibility index (Phi) is 4.94. The van der Waals surface area contributed by atoms with Crippen molar-refractivity contribution >= 4 is 22.5 Å². The Labute approximate surface area is 190 Å². The number of hydrogen-bond acceptors (Lipinski definition) is 2. The lowest BCUT2D eigenvalue weighted by Crippen LogP contribution is -2.19. The lowest BCUT2D eigenvalue weighted by molar-refractivity contribution is -0.258. The van der Waals surface area contributed by atoms with E-state index in [-0.39, 0.29) is 27.9 Å². The van der Waals surface area contributed by atoms with E-state index in [4.69, 9.17) is 0 Å². The summed E-state index contributed by atoms with van der Waals surface area (Å²) in [7, 11) is 1.37. The zero-order valence-electron chi connectivity index (χ0n) is 17.6. The minimum absolute atomic E-state index is 0.139. The number of hydrogen-bond donors (Lipinski definition) is 1. The van der Waals surface area contributed by atoms with Gasteiger partial charge in [0.05, 0.1) is 23.2 Å². The fourth-order valence-electron chi connectivity index (χ4n) is 3.82. The van der Waals surface area contributed by atoms with Gasteiger partial charge in [-0.1, -0.05) is 6.07 Å². The van der Waals surface area contributed by atoms with Crippen LogP contribution < -0.4 is 10.3 Å². The SMILES string of the molecule is CNC(=O)c1ccc(-c2cc(F)c3ncc(C(F)(F)c4ccc5[n+]#cccc5c4)n3c2)cc1F. The molecule has 2 aromatic carbocycles. The summed E-state index contributed by atoms with van der Waals surface area (Å²) < 4.78 is 61.4. The van der Waals surface area contributed by atoms with Gasteiger partial charge in [-0.2, -0.15) is 8.78 Å². The second-order valence-electron chi connectivity index (χ2n) is 7.61. The van der Waals surface area contributed by atoms with E-state index in [9.17, 15) is 13.6 Å². The molecule has 0 spiro atoms. The van der Waals surface area contributed by atoms with Crippen LogP contribution in [0.3, 0.4) is 0 Å². The second kappa shape index (κ2) is 7.85. The van der Waals surface area contributed by atoms with E-state index in [0.29, 0.717) is 10.9 Å². The zero-order valence-corrected chi connectivity index (χ0v) is 17.6. The summed E-state index contributed by atoms with van der Waals surface area (Å²) >= 11 is 0. The van der Waals surface area contributed by atoms with Crippen molar-refractivity contribution < 1.29 is 27.3 Å². The molecule has 0 aliphatic carbocycles. The van der Waals surface area contributed by atoms with Crippen LogP contribution in [0.2, 0.25) is 0 Å². The van der Waals surface area contributed by atoms with Gasteiger partial charge in [0.1, 0.15) is 11.5 Å². The van der Waals surface area contributed by atoms with Crippen molar-refractivity contribution in [3.05, 3.63) is 102 Å². The van der Waals surface area contributed by atoms with E-state index in [1.54, 1.807) is 6.07 Å². The number of benzene rings is 2. The van der Waals surface area contributed by atoms with E-state index >= 15 is 8.78 Å². The van der Waals surface area contributed by atoms with Crippen LogP contribution in [0.25, 0.3) is 27.7 Å². The molecule has 0 aliphatic rings. The molecule has 0 saturated carbocycles. The highest BCUT2D eigenvalue weighted by Crippen LogP contribution is 2.38. The van der Waals surface area contributed by atoms with Gasteiger partial charge in [0.2, 0.25) is 0 Å². The molecule has 0 aliphatic heterocycles. The largest absolute Gasteiger partial charge is 0.355 e. The molecule has 34 heavy (non-hydrogen) atoms. The first-order valence-corrected chi connectivity index (χ1v) is 10.1. The summed E-state index contributed by atoms with van der Waals surface area (Å²) in [6, 6.07) is 11.9. The lowest BCUT2D eigenvalue weighted by atomic mass is 10.0. The third kappa shape index (κ3) is 3.40. The number of nitrogens with zero attached hydrogens (tertiary/aromatic N) is 3. The number of fused-ring (bicyclic) bond motifs is 2. The van der Waals surface area contributed by atoms with E-state index < -0.39 is 29.2 Å². The summed E-state index contributed by atoms with van der Waals surface area (Å²) in [5, 5.41) is 2.82. The van der Waals surface area contributed by atoms with Crippen LogP contribution in [0.5, 0.6) is 0 Å². The van der Waals surface area contributed by atoms with Crippen molar-refractivity contribution in [1.82, 2.24) is 14.7 Å². The molecule has 3 heterocycles. The number of nitrogens with one attached hydrogen (secondary N) is 1. The molecule has 1 amide bonds. The van der Waals surface area contributed by atoms with E-state index in [0.717, 1.165) is 22.7 Å². The van der Waals surface area contributed by atoms with Crippen molar-refractivity contribution in [2.45, 2.75) is 5.92 Å². The third-order valence-electron chi connectivity index (χ3n) is 5.57. The summed E-state index contributed by atoms with van der Waals surface area (Å²) in [6.45, 7) is 0. The average Bonchev–Trinajstić information content (AvgIpc) is 3.29. The molecule has 0 radical (unpaired) electrons. The highest BCUT2D eigenvalue weighted by Gasteiger charge is 2.38. The first kappa shape index (κ1) is 21.4. The van der Waals surface area contributed by atoms with Crippen molar-refractivity contribution in [1.29, 1.82) is 0 Å². The Hall–Kier alpha value is -4.45. The molecule has 0 bridgehead atoms. The van der Waals surface area contributed by atoms with E-state index in [2.05, 4.69) is 21.5 Å². The zero-order chi connectivity index (χ0) is 24.0. The minimum Gasteiger partial charge on any atom is -0.355 e. The highest BCUT2D eigenvalue weighted by molar-refractivity contribution is 5.94. The highest BCUT2D eigenvalue weighted by atomic mass is 19.3. The number of alkyl halides is 2. The number of carbonyl (C=O) groups is 1. The van der Waals surface area contributed by atoms with Crippen LogP contribution >= 0.6 is 0 Å². The van der Waals surface area contributed by atoms with Crippen LogP contribution in [0.4, 0.5) is 17.6 Å². The Morgan fingerprint density at radius 3 is 2.62 bits per heavy atom. The molecule has 9 heteroatoms. The van der Waals surface area contributed by atoms with Gasteiger partial charge < -0.3 is 5.32 Å². The predicted molar refractivity (Wildman–Crippen MR) is 115 cm³/mol. The maximum Gasteiger partial charge on any atom is 0.347 e. The quantitative estimate of drug-likeness (QED) is 0.404. The van der Waals surface area contributed by atoms with Gasteiger partial charge in [-0.05, 0) is 46.9 Å². The molecule has 5 aromatic rings. The molecule has 0 atom stereocenters. The Morgan fingerprint density at radius 2 is 1.85 bits per heavy atom. The fraction of sp³-hybridized carbons (Fsp3) is 0.0800. The number of halogens is 4. The molecule has 1 N–H and O–H groups in total. The van der Waals surface area contributed by atoms with Gasteiger partial charge in [0, 0.05) is 30.4 Å². The van der Waals surface area contributed by atoms with E-state index in [1.807, 2.05) is 0 Å². The second-order valence-corrected chi connectivity index (χ2v) is 7.61. The van der Waals surface area contributed by atoms with Crippen LogP contribution in [0.15, 0.2) is 67.0 Å². The molecule has 0 unspecified atom stereocenters. The van der Waals surface area contributed by atoms with Gasteiger partial charge in [0.15, 0.2) is 11.5 Å². The molecular formula is C25H15F4N4O+. The molecule has 0 saturated heterocycles. The Morgan fingerprint density at radius 1 is 1.06 bits per heavy atom. The average molecular weight is 463 g/mol. The van der Waals surface area contributed by atoms with Crippen LogP contribution in [-0.2, 0) is 5.92 Å². The molecule has 5 rings (SSSR count). The first-order chi connectivity index (χ1) is 16.3. The van der Waals surface area contributed by atoms with Gasteiger partial charge in [-0.3, -0.25) is 9.20 Å². The molecule has 5 nitrogen and oxygen atoms in total. The predicted octanol–water partition coefficient (Wildman–Crippen LogP) is 4.33. The smallest absolute Gasteiger partial charge is 0.347 e. The Balaban J connectivity index is 1.63. The third-order valence-corrected chi connectivity index (χ3v) is 5.57. The van der Waals surface area contributed by atoms with Gasteiger partial charge >= 0.3 is 17.6 Å². The number of amides is 1. The van der Waals surface area contributed by atoms with Gasteiger partial charge in [-0.15, -0.1) is 0 Å². The summed E-state index contributed by atoms with van der Waals surface area (Å²) in [6.07, 6.45) is 4.83. The number of aromatic nitrogens is 3. The molecule has 0 fully saturated rings. The van der Waals surface area contributed by atoms with Crippen molar-refractivity contribution in [3.8, 4) is 11.1 Å². The Bertz CT molecular complexity index is 1580. The van der Waals surface area contributed by atoms with Crippen molar-refractivity contribution in [2.75, 3.05) is 7.05 Å². The van der Waals surface area contributed by atoms with E-state index in [1.165, 1.54) is 49.6 Å². The maximum atomic E-state index is 15.6. The molecule has 168 valence electrons. The van der Waals surface area contributed by atoms with Crippen LogP contribution in [-0.4, -0.2) is 22.3 Å². The molecule has 3 aromatic heterocycles. The topological polar surface area (TPSA) is 60.5 Å². The number of pyridine rings is 1. The number of carbonyl (C=O) groups excluding carboxylic acids is 1. The molecular weight excluding hydrogens is 448 g/mol. The monoisotopic (exact) mass is 463 g/mol.